The number of carbonyl (C=O) groups is 1. The van der Waals surface area contributed by atoms with Crippen molar-refractivity contribution in [3.63, 3.8) is 0 Å². The zero-order valence-electron chi connectivity index (χ0n) is 10.6. The van der Waals surface area contributed by atoms with Crippen LogP contribution in [0.25, 0.3) is 0 Å². The van der Waals surface area contributed by atoms with Gasteiger partial charge in [0.25, 0.3) is 0 Å². The summed E-state index contributed by atoms with van der Waals surface area (Å²) < 4.78 is 0. The molecule has 0 aromatic carbocycles. The van der Waals surface area contributed by atoms with Gasteiger partial charge in [0, 0.05) is 0 Å². The molecule has 0 radical (unpaired) electrons. The lowest BCUT2D eigenvalue weighted by atomic mass is 10.0. The van der Waals surface area contributed by atoms with Gasteiger partial charge < -0.3 is 16.3 Å². The van der Waals surface area contributed by atoms with Crippen molar-refractivity contribution in [2.45, 2.75) is 32.7 Å². The van der Waals surface area contributed by atoms with Crippen LogP contribution in [-0.2, 0) is 4.79 Å². The number of thiophene rings is 1. The van der Waals surface area contributed by atoms with Crippen LogP contribution < -0.4 is 11.1 Å². The van der Waals surface area contributed by atoms with E-state index in [9.17, 15) is 4.79 Å². The van der Waals surface area contributed by atoms with E-state index in [2.05, 4.69) is 10.5 Å². The fraction of sp³-hybridized carbons (Fsp3) is 0.500. The second-order valence-corrected chi connectivity index (χ2v) is 4.93. The number of rotatable bonds is 6. The van der Waals surface area contributed by atoms with Gasteiger partial charge in [-0.3, -0.25) is 4.79 Å². The highest BCUT2D eigenvalue weighted by Gasteiger charge is 2.23. The van der Waals surface area contributed by atoms with Gasteiger partial charge in [-0.15, -0.1) is 0 Å². The van der Waals surface area contributed by atoms with Crippen molar-refractivity contribution in [2.75, 3.05) is 0 Å². The van der Waals surface area contributed by atoms with Crippen molar-refractivity contribution in [3.8, 4) is 0 Å². The Morgan fingerprint density at radius 2 is 2.39 bits per heavy atom. The third kappa shape index (κ3) is 3.73. The summed E-state index contributed by atoms with van der Waals surface area (Å²) in [6.07, 6.45) is 1.36. The zero-order valence-corrected chi connectivity index (χ0v) is 11.4. The van der Waals surface area contributed by atoms with Crippen molar-refractivity contribution in [1.82, 2.24) is 5.32 Å². The van der Waals surface area contributed by atoms with Crippen molar-refractivity contribution >= 4 is 23.1 Å². The Morgan fingerprint density at radius 3 is 2.89 bits per heavy atom. The molecular weight excluding hydrogens is 250 g/mol. The van der Waals surface area contributed by atoms with E-state index in [4.69, 9.17) is 10.9 Å². The normalized spacial score (nSPS) is 15.1. The molecule has 0 aliphatic carbocycles. The van der Waals surface area contributed by atoms with Gasteiger partial charge in [0.2, 0.25) is 5.91 Å². The number of carbonyl (C=O) groups excluding carboxylic acids is 1. The van der Waals surface area contributed by atoms with E-state index in [1.807, 2.05) is 30.7 Å². The minimum absolute atomic E-state index is 0.0353. The summed E-state index contributed by atoms with van der Waals surface area (Å²) in [4.78, 5) is 12.1. The first kappa shape index (κ1) is 14.5. The van der Waals surface area contributed by atoms with Crippen LogP contribution >= 0.6 is 11.3 Å². The van der Waals surface area contributed by atoms with E-state index in [0.717, 1.165) is 12.0 Å². The molecule has 2 unspecified atom stereocenters. The number of oxime groups is 1. The molecule has 0 aliphatic heterocycles. The van der Waals surface area contributed by atoms with Crippen LogP contribution in [0.1, 0.15) is 38.3 Å². The number of amides is 1. The summed E-state index contributed by atoms with van der Waals surface area (Å²) >= 11 is 1.58. The summed E-state index contributed by atoms with van der Waals surface area (Å²) in [5, 5.41) is 18.4. The molecular formula is C12H19N3O2S. The second kappa shape index (κ2) is 7.00. The third-order valence-corrected chi connectivity index (χ3v) is 3.47. The lowest BCUT2D eigenvalue weighted by molar-refractivity contribution is -0.123. The minimum atomic E-state index is -0.568. The Bertz CT molecular complexity index is 403. The largest absolute Gasteiger partial charge is 0.409 e. The highest BCUT2D eigenvalue weighted by atomic mass is 32.1. The summed E-state index contributed by atoms with van der Waals surface area (Å²) in [6, 6.07) is 1.89. The van der Waals surface area contributed by atoms with E-state index in [-0.39, 0.29) is 17.8 Å². The van der Waals surface area contributed by atoms with Gasteiger partial charge >= 0.3 is 0 Å². The monoisotopic (exact) mass is 269 g/mol. The second-order valence-electron chi connectivity index (χ2n) is 4.15. The Labute approximate surface area is 111 Å². The maximum absolute atomic E-state index is 12.1. The Balaban J connectivity index is 2.67. The number of hydrogen-bond acceptors (Lipinski definition) is 4. The number of amidine groups is 1. The molecule has 5 nitrogen and oxygen atoms in total. The summed E-state index contributed by atoms with van der Waals surface area (Å²) in [5.41, 5.74) is 6.60. The zero-order chi connectivity index (χ0) is 13.5. The highest BCUT2D eigenvalue weighted by Crippen LogP contribution is 2.17. The summed E-state index contributed by atoms with van der Waals surface area (Å²) in [6.45, 7) is 3.86. The van der Waals surface area contributed by atoms with Gasteiger partial charge in [0.1, 0.15) is 0 Å². The average Bonchev–Trinajstić information content (AvgIpc) is 2.88. The van der Waals surface area contributed by atoms with E-state index in [1.165, 1.54) is 0 Å². The van der Waals surface area contributed by atoms with E-state index in [1.54, 1.807) is 11.3 Å². The van der Waals surface area contributed by atoms with Crippen LogP contribution in [0.3, 0.4) is 0 Å². The predicted molar refractivity (Wildman–Crippen MR) is 72.7 cm³/mol. The Kier molecular flexibility index (Phi) is 5.64. The van der Waals surface area contributed by atoms with Crippen LogP contribution in [0.4, 0.5) is 0 Å². The van der Waals surface area contributed by atoms with Gasteiger partial charge in [0.15, 0.2) is 5.84 Å². The fourth-order valence-electron chi connectivity index (χ4n) is 1.69. The lowest BCUT2D eigenvalue weighted by Gasteiger charge is -2.18. The topological polar surface area (TPSA) is 87.7 Å². The maximum Gasteiger partial charge on any atom is 0.231 e. The van der Waals surface area contributed by atoms with Crippen molar-refractivity contribution in [2.24, 2.45) is 16.8 Å². The first-order valence-electron chi connectivity index (χ1n) is 5.90. The third-order valence-electron chi connectivity index (χ3n) is 2.77. The summed E-state index contributed by atoms with van der Waals surface area (Å²) in [5.74, 6) is -0.807. The molecule has 1 rings (SSSR count). The highest BCUT2D eigenvalue weighted by molar-refractivity contribution is 7.07. The van der Waals surface area contributed by atoms with Crippen LogP contribution in [0.2, 0.25) is 0 Å². The molecule has 0 aliphatic rings. The molecule has 0 spiro atoms. The molecule has 0 saturated heterocycles. The van der Waals surface area contributed by atoms with Crippen molar-refractivity contribution < 1.29 is 10.0 Å². The molecule has 0 bridgehead atoms. The number of nitrogens with zero attached hydrogens (tertiary/aromatic N) is 1. The van der Waals surface area contributed by atoms with E-state index < -0.39 is 5.92 Å². The molecule has 1 aromatic rings. The molecule has 2 atom stereocenters. The molecule has 100 valence electrons. The molecule has 6 heteroatoms. The van der Waals surface area contributed by atoms with Gasteiger partial charge in [-0.25, -0.2) is 0 Å². The van der Waals surface area contributed by atoms with Crippen molar-refractivity contribution in [1.29, 1.82) is 0 Å². The SMILES string of the molecule is CCCC(C(=O)NC(C)c1ccsc1)/C(N)=N/O. The Morgan fingerprint density at radius 1 is 1.67 bits per heavy atom. The Hall–Kier alpha value is -1.56. The smallest absolute Gasteiger partial charge is 0.231 e. The number of nitrogens with two attached hydrogens (primary N) is 1. The number of hydrogen-bond donors (Lipinski definition) is 3. The first-order chi connectivity index (χ1) is 8.60. The predicted octanol–water partition coefficient (Wildman–Crippen LogP) is 2.09. The quantitative estimate of drug-likeness (QED) is 0.320. The van der Waals surface area contributed by atoms with E-state index in [0.29, 0.717) is 6.42 Å². The average molecular weight is 269 g/mol. The molecule has 18 heavy (non-hydrogen) atoms. The standard InChI is InChI=1S/C12H19N3O2S/c1-3-4-10(11(13)15-17)12(16)14-8(2)9-5-6-18-7-9/h5-8,10,17H,3-4H2,1-2H3,(H2,13,15)(H,14,16). The van der Waals surface area contributed by atoms with Gasteiger partial charge in [-0.2, -0.15) is 11.3 Å². The van der Waals surface area contributed by atoms with Crippen molar-refractivity contribution in [3.05, 3.63) is 22.4 Å². The lowest BCUT2D eigenvalue weighted by Crippen LogP contribution is -2.39. The number of nitrogens with one attached hydrogen (secondary N) is 1. The maximum atomic E-state index is 12.1. The van der Waals surface area contributed by atoms with Crippen LogP contribution in [0, 0.1) is 5.92 Å². The van der Waals surface area contributed by atoms with Gasteiger partial charge in [-0.05, 0) is 35.7 Å². The first-order valence-corrected chi connectivity index (χ1v) is 6.84. The molecule has 4 N–H and O–H groups in total. The van der Waals surface area contributed by atoms with Gasteiger partial charge in [0.05, 0.1) is 12.0 Å². The fourth-order valence-corrected chi connectivity index (χ4v) is 2.44. The van der Waals surface area contributed by atoms with Crippen LogP contribution in [0.5, 0.6) is 0 Å². The molecule has 0 saturated carbocycles. The molecule has 1 aromatic heterocycles. The van der Waals surface area contributed by atoms with Gasteiger partial charge in [-0.1, -0.05) is 18.5 Å². The minimum Gasteiger partial charge on any atom is -0.409 e. The van der Waals surface area contributed by atoms with Crippen LogP contribution in [-0.4, -0.2) is 17.0 Å². The van der Waals surface area contributed by atoms with Crippen LogP contribution in [0.15, 0.2) is 22.0 Å². The molecule has 1 amide bonds. The molecule has 0 fully saturated rings. The molecule has 1 heterocycles. The summed E-state index contributed by atoms with van der Waals surface area (Å²) in [7, 11) is 0. The van der Waals surface area contributed by atoms with E-state index >= 15 is 0 Å².